The molecule has 196 valence electrons. The first-order valence-electron chi connectivity index (χ1n) is 11.9. The number of rotatable bonds is 7. The molecule has 36 heavy (non-hydrogen) atoms. The summed E-state index contributed by atoms with van der Waals surface area (Å²) in [5, 5.41) is 3.86. The molecule has 2 aromatic heterocycles. The molecule has 2 aliphatic heterocycles. The third kappa shape index (κ3) is 4.70. The van der Waals surface area contributed by atoms with Gasteiger partial charge in [-0.25, -0.2) is 13.8 Å². The molecule has 0 spiro atoms. The fourth-order valence-corrected chi connectivity index (χ4v) is 6.27. The number of halogens is 6. The lowest BCUT2D eigenvalue weighted by Crippen LogP contribution is -2.52. The largest absolute Gasteiger partial charge is 0.401 e. The minimum Gasteiger partial charge on any atom is -0.369 e. The SMILES string of the molecule is Cc1nc2[nH]c3c(c2s1)CC(C)N(CC(F)(F)F)C3c1c(F)cc(NC2CCN2CCCF)cc1F. The lowest BCUT2D eigenvalue weighted by Gasteiger charge is -2.42. The van der Waals surface area contributed by atoms with Gasteiger partial charge in [0.05, 0.1) is 35.1 Å². The molecule has 3 atom stereocenters. The van der Waals surface area contributed by atoms with Gasteiger partial charge in [-0.1, -0.05) is 0 Å². The Morgan fingerprint density at radius 1 is 1.22 bits per heavy atom. The first-order chi connectivity index (χ1) is 17.1. The van der Waals surface area contributed by atoms with E-state index in [1.54, 1.807) is 6.92 Å². The Kier molecular flexibility index (Phi) is 6.71. The topological polar surface area (TPSA) is 47.2 Å². The Balaban J connectivity index is 1.53. The second-order valence-electron chi connectivity index (χ2n) is 9.55. The van der Waals surface area contributed by atoms with Crippen LogP contribution in [0.15, 0.2) is 12.1 Å². The molecule has 0 radical (unpaired) electrons. The van der Waals surface area contributed by atoms with E-state index in [9.17, 15) is 17.6 Å². The van der Waals surface area contributed by atoms with E-state index in [0.717, 1.165) is 45.3 Å². The minimum atomic E-state index is -4.55. The van der Waals surface area contributed by atoms with Crippen LogP contribution in [-0.2, 0) is 6.42 Å². The third-order valence-electron chi connectivity index (χ3n) is 7.01. The Morgan fingerprint density at radius 3 is 2.56 bits per heavy atom. The van der Waals surface area contributed by atoms with Gasteiger partial charge in [-0.3, -0.25) is 14.2 Å². The smallest absolute Gasteiger partial charge is 0.369 e. The van der Waals surface area contributed by atoms with Crippen LogP contribution in [0.3, 0.4) is 0 Å². The van der Waals surface area contributed by atoms with Crippen LogP contribution in [0.4, 0.5) is 32.0 Å². The average molecular weight is 532 g/mol. The van der Waals surface area contributed by atoms with Gasteiger partial charge in [-0.2, -0.15) is 13.2 Å². The maximum atomic E-state index is 15.6. The number of nitrogens with zero attached hydrogens (tertiary/aromatic N) is 3. The summed E-state index contributed by atoms with van der Waals surface area (Å²) in [5.41, 5.74) is 1.39. The highest BCUT2D eigenvalue weighted by Gasteiger charge is 2.44. The molecule has 1 fully saturated rings. The van der Waals surface area contributed by atoms with Crippen LogP contribution in [0.1, 0.15) is 47.6 Å². The minimum absolute atomic E-state index is 0.172. The molecule has 0 bridgehead atoms. The first kappa shape index (κ1) is 25.3. The summed E-state index contributed by atoms with van der Waals surface area (Å²) in [4.78, 5) is 10.6. The molecule has 5 nitrogen and oxygen atoms in total. The number of thiazole rings is 1. The second-order valence-corrected chi connectivity index (χ2v) is 10.8. The fraction of sp³-hybridized carbons (Fsp3) is 0.542. The molecule has 1 saturated heterocycles. The van der Waals surface area contributed by atoms with E-state index in [1.807, 2.05) is 11.8 Å². The van der Waals surface area contributed by atoms with Crippen molar-refractivity contribution in [2.45, 2.75) is 57.5 Å². The molecule has 12 heteroatoms. The van der Waals surface area contributed by atoms with Crippen LogP contribution in [-0.4, -0.2) is 64.5 Å². The molecule has 4 heterocycles. The molecule has 5 rings (SSSR count). The Hall–Kier alpha value is -2.31. The lowest BCUT2D eigenvalue weighted by molar-refractivity contribution is -0.155. The molecule has 3 aromatic rings. The van der Waals surface area contributed by atoms with E-state index >= 15 is 8.78 Å². The van der Waals surface area contributed by atoms with E-state index in [0.29, 0.717) is 30.7 Å². The summed E-state index contributed by atoms with van der Waals surface area (Å²) in [7, 11) is 0. The third-order valence-corrected chi connectivity index (χ3v) is 8.04. The predicted octanol–water partition coefficient (Wildman–Crippen LogP) is 5.91. The summed E-state index contributed by atoms with van der Waals surface area (Å²) < 4.78 is 85.1. The van der Waals surface area contributed by atoms with Crippen molar-refractivity contribution in [3.05, 3.63) is 45.6 Å². The molecular formula is C24H27F6N5S. The van der Waals surface area contributed by atoms with Crippen LogP contribution in [0.5, 0.6) is 0 Å². The summed E-state index contributed by atoms with van der Waals surface area (Å²) in [5.74, 6) is -1.85. The number of hydrogen-bond acceptors (Lipinski definition) is 5. The molecule has 2 N–H and O–H groups in total. The normalized spacial score (nSPS) is 23.2. The number of likely N-dealkylation sites (tertiary alicyclic amines) is 1. The van der Waals surface area contributed by atoms with E-state index in [2.05, 4.69) is 15.3 Å². The number of benzene rings is 1. The zero-order valence-electron chi connectivity index (χ0n) is 19.9. The number of aryl methyl sites for hydroxylation is 1. The zero-order valence-corrected chi connectivity index (χ0v) is 20.7. The van der Waals surface area contributed by atoms with Gasteiger partial charge >= 0.3 is 6.18 Å². The molecular weight excluding hydrogens is 504 g/mol. The molecule has 2 aliphatic rings. The average Bonchev–Trinajstić information content (AvgIpc) is 3.28. The van der Waals surface area contributed by atoms with Crippen molar-refractivity contribution in [3.8, 4) is 0 Å². The van der Waals surface area contributed by atoms with E-state index in [1.165, 1.54) is 11.3 Å². The molecule has 3 unspecified atom stereocenters. The van der Waals surface area contributed by atoms with Gasteiger partial charge in [0.15, 0.2) is 0 Å². The van der Waals surface area contributed by atoms with Gasteiger partial charge in [0.25, 0.3) is 0 Å². The second kappa shape index (κ2) is 9.53. The monoisotopic (exact) mass is 531 g/mol. The number of nitrogens with one attached hydrogen (secondary N) is 2. The standard InChI is InChI=1S/C24H27F6N5S/c1-12-8-15-20(33-23-22(15)36-13(2)31-23)21(35(12)11-24(28,29)30)19-16(26)9-14(10-17(19)27)32-18-4-7-34(18)6-3-5-25/h9-10,12,18,21,32-33H,3-8,11H2,1-2H3. The summed E-state index contributed by atoms with van der Waals surface area (Å²) in [6.45, 7) is 3.02. The number of anilines is 1. The van der Waals surface area contributed by atoms with E-state index < -0.39 is 48.7 Å². The van der Waals surface area contributed by atoms with Crippen LogP contribution in [0.25, 0.3) is 10.3 Å². The quantitative estimate of drug-likeness (QED) is 0.372. The van der Waals surface area contributed by atoms with Gasteiger partial charge in [0.1, 0.15) is 17.3 Å². The van der Waals surface area contributed by atoms with Gasteiger partial charge in [-0.15, -0.1) is 11.3 Å². The summed E-state index contributed by atoms with van der Waals surface area (Å²) >= 11 is 1.41. The highest BCUT2D eigenvalue weighted by atomic mass is 32.1. The van der Waals surface area contributed by atoms with Crippen LogP contribution in [0, 0.1) is 18.6 Å². The van der Waals surface area contributed by atoms with Gasteiger partial charge in [-0.05, 0) is 50.8 Å². The van der Waals surface area contributed by atoms with Crippen LogP contribution >= 0.6 is 11.3 Å². The maximum absolute atomic E-state index is 15.6. The van der Waals surface area contributed by atoms with Crippen molar-refractivity contribution >= 4 is 27.4 Å². The molecule has 0 aliphatic carbocycles. The predicted molar refractivity (Wildman–Crippen MR) is 127 cm³/mol. The lowest BCUT2D eigenvalue weighted by atomic mass is 9.89. The van der Waals surface area contributed by atoms with Crippen molar-refractivity contribution in [1.82, 2.24) is 19.8 Å². The molecule has 0 saturated carbocycles. The molecule has 1 aromatic carbocycles. The number of hydrogen-bond donors (Lipinski definition) is 2. The first-order valence-corrected chi connectivity index (χ1v) is 12.7. The van der Waals surface area contributed by atoms with E-state index in [-0.39, 0.29) is 11.9 Å². The number of aromatic amines is 1. The van der Waals surface area contributed by atoms with Crippen molar-refractivity contribution in [2.24, 2.45) is 0 Å². The number of aromatic nitrogens is 2. The van der Waals surface area contributed by atoms with Crippen molar-refractivity contribution in [1.29, 1.82) is 0 Å². The highest BCUT2D eigenvalue weighted by Crippen LogP contribution is 2.45. The summed E-state index contributed by atoms with van der Waals surface area (Å²) in [6.07, 6.45) is -3.30. The van der Waals surface area contributed by atoms with Gasteiger partial charge in [0.2, 0.25) is 0 Å². The zero-order chi connectivity index (χ0) is 25.8. The molecule has 0 amide bonds. The Bertz CT molecular complexity index is 1230. The van der Waals surface area contributed by atoms with Crippen molar-refractivity contribution in [3.63, 3.8) is 0 Å². The van der Waals surface area contributed by atoms with E-state index in [4.69, 9.17) is 0 Å². The maximum Gasteiger partial charge on any atom is 0.401 e. The number of alkyl halides is 4. The van der Waals surface area contributed by atoms with Gasteiger partial charge in [0, 0.05) is 36.1 Å². The number of H-pyrrole nitrogens is 1. The van der Waals surface area contributed by atoms with Gasteiger partial charge < -0.3 is 10.3 Å². The van der Waals surface area contributed by atoms with Crippen molar-refractivity contribution < 1.29 is 26.3 Å². The fourth-order valence-electron chi connectivity index (χ4n) is 5.33. The van der Waals surface area contributed by atoms with Crippen LogP contribution < -0.4 is 5.32 Å². The van der Waals surface area contributed by atoms with Crippen molar-refractivity contribution in [2.75, 3.05) is 31.6 Å². The number of fused-ring (bicyclic) bond motifs is 3. The highest BCUT2D eigenvalue weighted by molar-refractivity contribution is 7.18. The Morgan fingerprint density at radius 2 is 1.94 bits per heavy atom. The van der Waals surface area contributed by atoms with Crippen LogP contribution in [0.2, 0.25) is 0 Å². The summed E-state index contributed by atoms with van der Waals surface area (Å²) in [6, 6.07) is 0.359. The Labute approximate surface area is 208 Å².